The number of hydrogen-bond acceptors (Lipinski definition) is 3. The number of carbonyl (C=O) groups is 1. The fourth-order valence-electron chi connectivity index (χ4n) is 1.93. The van der Waals surface area contributed by atoms with Crippen LogP contribution in [0, 0.1) is 0 Å². The Labute approximate surface area is 116 Å². The zero-order valence-electron chi connectivity index (χ0n) is 12.0. The molecule has 0 aromatic rings. The van der Waals surface area contributed by atoms with E-state index in [0.29, 0.717) is 11.5 Å². The molecule has 2 unspecified atom stereocenters. The van der Waals surface area contributed by atoms with E-state index in [1.807, 2.05) is 18.7 Å². The van der Waals surface area contributed by atoms with Crippen LogP contribution in [0.1, 0.15) is 47.0 Å². The van der Waals surface area contributed by atoms with E-state index >= 15 is 0 Å². The molecule has 2 atom stereocenters. The molecule has 1 amide bonds. The molecule has 0 aliphatic rings. The van der Waals surface area contributed by atoms with Crippen molar-refractivity contribution in [1.82, 2.24) is 10.2 Å². The lowest BCUT2D eigenvalue weighted by Gasteiger charge is -2.28. The van der Waals surface area contributed by atoms with Crippen molar-refractivity contribution < 1.29 is 4.79 Å². The van der Waals surface area contributed by atoms with Gasteiger partial charge in [-0.3, -0.25) is 9.69 Å². The molecule has 0 saturated heterocycles. The lowest BCUT2D eigenvalue weighted by atomic mass is 10.1. The molecule has 4 nitrogen and oxygen atoms in total. The van der Waals surface area contributed by atoms with Crippen LogP contribution in [0.3, 0.4) is 0 Å². The number of nitrogens with zero attached hydrogens (tertiary/aromatic N) is 1. The standard InChI is InChI=1S/C13H27N3OS/c1-5-7-10(3)15-13(17)11(4)16(8-6-2)9-12(14)18/h10-11H,5-9H2,1-4H3,(H2,14,18)(H,15,17). The summed E-state index contributed by atoms with van der Waals surface area (Å²) in [6.45, 7) is 9.46. The van der Waals surface area contributed by atoms with Crippen LogP contribution in [-0.2, 0) is 4.79 Å². The van der Waals surface area contributed by atoms with Gasteiger partial charge in [0.05, 0.1) is 11.0 Å². The van der Waals surface area contributed by atoms with E-state index in [1.165, 1.54) is 0 Å². The van der Waals surface area contributed by atoms with E-state index in [2.05, 4.69) is 19.2 Å². The van der Waals surface area contributed by atoms with Gasteiger partial charge in [-0.2, -0.15) is 0 Å². The van der Waals surface area contributed by atoms with E-state index in [-0.39, 0.29) is 18.0 Å². The number of nitrogens with one attached hydrogen (secondary N) is 1. The van der Waals surface area contributed by atoms with Gasteiger partial charge in [-0.1, -0.05) is 32.5 Å². The Bertz CT molecular complexity index is 271. The molecule has 0 saturated carbocycles. The highest BCUT2D eigenvalue weighted by atomic mass is 32.1. The summed E-state index contributed by atoms with van der Waals surface area (Å²) in [5.41, 5.74) is 5.57. The maximum absolute atomic E-state index is 12.1. The third-order valence-electron chi connectivity index (χ3n) is 2.91. The summed E-state index contributed by atoms with van der Waals surface area (Å²) in [5.74, 6) is 0.0562. The first-order valence-electron chi connectivity index (χ1n) is 6.75. The molecule has 0 aliphatic carbocycles. The molecular formula is C13H27N3OS. The van der Waals surface area contributed by atoms with E-state index < -0.39 is 0 Å². The molecule has 106 valence electrons. The Morgan fingerprint density at radius 1 is 1.33 bits per heavy atom. The Kier molecular flexibility index (Phi) is 8.93. The highest BCUT2D eigenvalue weighted by Gasteiger charge is 2.21. The Balaban J connectivity index is 4.40. The topological polar surface area (TPSA) is 58.4 Å². The monoisotopic (exact) mass is 273 g/mol. The molecule has 3 N–H and O–H groups in total. The van der Waals surface area contributed by atoms with Crippen molar-refractivity contribution in [3.05, 3.63) is 0 Å². The minimum absolute atomic E-state index is 0.0562. The Morgan fingerprint density at radius 3 is 2.39 bits per heavy atom. The molecule has 18 heavy (non-hydrogen) atoms. The number of amides is 1. The van der Waals surface area contributed by atoms with E-state index in [1.54, 1.807) is 0 Å². The summed E-state index contributed by atoms with van der Waals surface area (Å²) in [7, 11) is 0. The van der Waals surface area contributed by atoms with Crippen LogP contribution in [0.2, 0.25) is 0 Å². The molecule has 0 bridgehead atoms. The van der Waals surface area contributed by atoms with Crippen LogP contribution in [-0.4, -0.2) is 41.0 Å². The lowest BCUT2D eigenvalue weighted by molar-refractivity contribution is -0.126. The zero-order valence-corrected chi connectivity index (χ0v) is 12.8. The number of nitrogens with two attached hydrogens (primary N) is 1. The summed E-state index contributed by atoms with van der Waals surface area (Å²) < 4.78 is 0. The fraction of sp³-hybridized carbons (Fsp3) is 0.846. The van der Waals surface area contributed by atoms with Crippen LogP contribution >= 0.6 is 12.2 Å². The van der Waals surface area contributed by atoms with Crippen LogP contribution in [0.5, 0.6) is 0 Å². The predicted molar refractivity (Wildman–Crippen MR) is 80.6 cm³/mol. The van der Waals surface area contributed by atoms with E-state index in [4.69, 9.17) is 18.0 Å². The van der Waals surface area contributed by atoms with Gasteiger partial charge in [0.25, 0.3) is 0 Å². The number of hydrogen-bond donors (Lipinski definition) is 2. The number of rotatable bonds is 9. The maximum Gasteiger partial charge on any atom is 0.237 e. The minimum atomic E-state index is -0.189. The van der Waals surface area contributed by atoms with Crippen molar-refractivity contribution in [1.29, 1.82) is 0 Å². The van der Waals surface area contributed by atoms with Gasteiger partial charge < -0.3 is 11.1 Å². The van der Waals surface area contributed by atoms with Gasteiger partial charge in [0, 0.05) is 12.6 Å². The molecule has 0 spiro atoms. The summed E-state index contributed by atoms with van der Waals surface area (Å²) in [6.07, 6.45) is 3.05. The largest absolute Gasteiger partial charge is 0.392 e. The van der Waals surface area contributed by atoms with Crippen molar-refractivity contribution in [2.45, 2.75) is 59.0 Å². The van der Waals surface area contributed by atoms with Gasteiger partial charge >= 0.3 is 0 Å². The van der Waals surface area contributed by atoms with Crippen LogP contribution in [0.15, 0.2) is 0 Å². The van der Waals surface area contributed by atoms with Crippen molar-refractivity contribution in [2.75, 3.05) is 13.1 Å². The van der Waals surface area contributed by atoms with E-state index in [0.717, 1.165) is 25.8 Å². The van der Waals surface area contributed by atoms with Crippen LogP contribution in [0.25, 0.3) is 0 Å². The number of carbonyl (C=O) groups excluding carboxylic acids is 1. The molecule has 0 heterocycles. The highest BCUT2D eigenvalue weighted by Crippen LogP contribution is 2.03. The first-order chi connectivity index (χ1) is 8.42. The summed E-state index contributed by atoms with van der Waals surface area (Å²) >= 11 is 4.93. The smallest absolute Gasteiger partial charge is 0.237 e. The summed E-state index contributed by atoms with van der Waals surface area (Å²) in [6, 6.07) is 0.0315. The minimum Gasteiger partial charge on any atom is -0.392 e. The molecule has 0 rings (SSSR count). The summed E-state index contributed by atoms with van der Waals surface area (Å²) in [4.78, 5) is 14.5. The van der Waals surface area contributed by atoms with Gasteiger partial charge in [0.1, 0.15) is 0 Å². The van der Waals surface area contributed by atoms with Gasteiger partial charge in [0.2, 0.25) is 5.91 Å². The third-order valence-corrected chi connectivity index (χ3v) is 3.04. The van der Waals surface area contributed by atoms with Crippen LogP contribution in [0.4, 0.5) is 0 Å². The molecule has 0 aliphatic heterocycles. The van der Waals surface area contributed by atoms with E-state index in [9.17, 15) is 4.79 Å². The predicted octanol–water partition coefficient (Wildman–Crippen LogP) is 1.68. The quantitative estimate of drug-likeness (QED) is 0.628. The fourth-order valence-corrected chi connectivity index (χ4v) is 2.10. The van der Waals surface area contributed by atoms with Crippen molar-refractivity contribution in [2.24, 2.45) is 5.73 Å². The normalized spacial score (nSPS) is 14.3. The lowest BCUT2D eigenvalue weighted by Crippen LogP contribution is -2.49. The van der Waals surface area contributed by atoms with Crippen molar-refractivity contribution in [3.63, 3.8) is 0 Å². The SMILES string of the molecule is CCCC(C)NC(=O)C(C)N(CCC)CC(N)=S. The van der Waals surface area contributed by atoms with Crippen molar-refractivity contribution >= 4 is 23.1 Å². The molecule has 0 aromatic heterocycles. The zero-order chi connectivity index (χ0) is 14.1. The molecule has 0 radical (unpaired) electrons. The molecule has 5 heteroatoms. The first-order valence-corrected chi connectivity index (χ1v) is 7.15. The van der Waals surface area contributed by atoms with Gasteiger partial charge in [-0.05, 0) is 33.2 Å². The average Bonchev–Trinajstić information content (AvgIpc) is 2.27. The average molecular weight is 273 g/mol. The van der Waals surface area contributed by atoms with Crippen molar-refractivity contribution in [3.8, 4) is 0 Å². The second-order valence-electron chi connectivity index (χ2n) is 4.81. The Hall–Kier alpha value is -0.680. The second-order valence-corrected chi connectivity index (χ2v) is 5.34. The Morgan fingerprint density at radius 2 is 1.94 bits per heavy atom. The van der Waals surface area contributed by atoms with Gasteiger partial charge in [-0.15, -0.1) is 0 Å². The van der Waals surface area contributed by atoms with Gasteiger partial charge in [0.15, 0.2) is 0 Å². The molecule has 0 aromatic carbocycles. The summed E-state index contributed by atoms with van der Waals surface area (Å²) in [5, 5.41) is 3.03. The van der Waals surface area contributed by atoms with Gasteiger partial charge in [-0.25, -0.2) is 0 Å². The third kappa shape index (κ3) is 6.91. The number of thiocarbonyl (C=S) groups is 1. The maximum atomic E-state index is 12.1. The molecular weight excluding hydrogens is 246 g/mol. The molecule has 0 fully saturated rings. The highest BCUT2D eigenvalue weighted by molar-refractivity contribution is 7.80. The van der Waals surface area contributed by atoms with Crippen LogP contribution < -0.4 is 11.1 Å². The first kappa shape index (κ1) is 17.3. The second kappa shape index (κ2) is 9.28.